The first kappa shape index (κ1) is 34.8. The Kier molecular flexibility index (Phi) is 10.9. The molecule has 5 rings (SSSR count). The number of carbonyl (C=O) groups excluding carboxylic acids is 2. The molecule has 0 aromatic heterocycles. The fourth-order valence-electron chi connectivity index (χ4n) is 8.50. The molecular weight excluding hydrogens is 598 g/mol. The van der Waals surface area contributed by atoms with Gasteiger partial charge in [-0.05, 0) is 106 Å². The summed E-state index contributed by atoms with van der Waals surface area (Å²) < 4.78 is 28.9. The number of ether oxygens (including phenoxy) is 5. The van der Waals surface area contributed by atoms with Gasteiger partial charge in [0.2, 0.25) is 5.91 Å². The highest BCUT2D eigenvalue weighted by molar-refractivity contribution is 5.79. The minimum Gasteiger partial charge on any atom is -0.493 e. The van der Waals surface area contributed by atoms with E-state index in [1.807, 2.05) is 21.0 Å². The van der Waals surface area contributed by atoms with E-state index in [0.717, 1.165) is 36.2 Å². The van der Waals surface area contributed by atoms with Crippen LogP contribution in [-0.4, -0.2) is 102 Å². The zero-order chi connectivity index (χ0) is 33.9. The van der Waals surface area contributed by atoms with E-state index >= 15 is 0 Å². The van der Waals surface area contributed by atoms with E-state index in [1.54, 1.807) is 28.4 Å². The summed E-state index contributed by atoms with van der Waals surface area (Å²) in [5, 5.41) is 0. The number of likely N-dealkylation sites (N-methyl/N-ethyl adjacent to an activating group) is 1. The summed E-state index contributed by atoms with van der Waals surface area (Å²) >= 11 is 0. The standard InChI is InChI=1S/C37H53N3O7/c1-9-39-17-12-24-20-30(43-5)32(45-7)22-27(24)35(39)29-19-26(36(42)47-10-2)11-15-37(29)28-23-33(46-8)31(44-6)21-25(28)13-18-40(37)34(41)14-16-38(3)4/h20-23,26,29,35H,9-19H2,1-8H3. The molecule has 10 heteroatoms. The van der Waals surface area contributed by atoms with Gasteiger partial charge in [0.15, 0.2) is 23.0 Å². The van der Waals surface area contributed by atoms with Crippen molar-refractivity contribution >= 4 is 11.9 Å². The van der Waals surface area contributed by atoms with E-state index in [0.29, 0.717) is 74.8 Å². The van der Waals surface area contributed by atoms with Crippen LogP contribution in [0.3, 0.4) is 0 Å². The number of benzene rings is 2. The molecule has 4 unspecified atom stereocenters. The van der Waals surface area contributed by atoms with Crippen molar-refractivity contribution in [2.45, 2.75) is 64.0 Å². The Morgan fingerprint density at radius 2 is 1.49 bits per heavy atom. The van der Waals surface area contributed by atoms with Crippen LogP contribution in [0.1, 0.15) is 67.8 Å². The molecule has 1 aliphatic carbocycles. The van der Waals surface area contributed by atoms with Crippen LogP contribution >= 0.6 is 0 Å². The van der Waals surface area contributed by atoms with Crippen molar-refractivity contribution in [3.05, 3.63) is 46.5 Å². The number of nitrogens with zero attached hydrogens (tertiary/aromatic N) is 3. The third kappa shape index (κ3) is 6.38. The van der Waals surface area contributed by atoms with Crippen LogP contribution in [-0.2, 0) is 32.7 Å². The van der Waals surface area contributed by atoms with Gasteiger partial charge in [-0.1, -0.05) is 6.92 Å². The number of fused-ring (bicyclic) bond motifs is 3. The highest BCUT2D eigenvalue weighted by Crippen LogP contribution is 2.59. The minimum absolute atomic E-state index is 0.0935. The van der Waals surface area contributed by atoms with Crippen molar-refractivity contribution in [3.8, 4) is 23.0 Å². The molecule has 3 aliphatic rings. The lowest BCUT2D eigenvalue weighted by Crippen LogP contribution is -2.62. The first-order valence-electron chi connectivity index (χ1n) is 17.0. The van der Waals surface area contributed by atoms with Crippen LogP contribution in [0, 0.1) is 11.8 Å². The molecule has 4 atom stereocenters. The van der Waals surface area contributed by atoms with Gasteiger partial charge < -0.3 is 33.5 Å². The first-order valence-corrected chi connectivity index (χ1v) is 17.0. The van der Waals surface area contributed by atoms with Crippen LogP contribution < -0.4 is 18.9 Å². The number of esters is 1. The van der Waals surface area contributed by atoms with E-state index in [-0.39, 0.29) is 29.8 Å². The Morgan fingerprint density at radius 3 is 2.11 bits per heavy atom. The van der Waals surface area contributed by atoms with Gasteiger partial charge >= 0.3 is 5.97 Å². The van der Waals surface area contributed by atoms with E-state index in [9.17, 15) is 9.59 Å². The predicted molar refractivity (Wildman–Crippen MR) is 181 cm³/mol. The number of rotatable bonds is 11. The molecule has 0 N–H and O–H groups in total. The summed E-state index contributed by atoms with van der Waals surface area (Å²) in [6.07, 6.45) is 3.83. The first-order chi connectivity index (χ1) is 22.7. The van der Waals surface area contributed by atoms with Crippen LogP contribution in [0.5, 0.6) is 23.0 Å². The number of methoxy groups -OCH3 is 4. The monoisotopic (exact) mass is 651 g/mol. The Labute approximate surface area is 280 Å². The molecule has 2 aromatic carbocycles. The SMILES string of the molecule is CCOC(=O)C1CCC2(c3cc(OC)c(OC)cc3CCN2C(=O)CCN(C)C)C(C2c3cc(OC)c(OC)cc3CCN2CC)C1. The maximum absolute atomic E-state index is 14.5. The fraction of sp³-hybridized carbons (Fsp3) is 0.622. The molecule has 258 valence electrons. The summed E-state index contributed by atoms with van der Waals surface area (Å²) in [6, 6.07) is 8.33. The zero-order valence-electron chi connectivity index (χ0n) is 29.5. The quantitative estimate of drug-likeness (QED) is 0.317. The molecule has 2 aliphatic heterocycles. The van der Waals surface area contributed by atoms with E-state index in [2.05, 4.69) is 45.9 Å². The number of amides is 1. The predicted octanol–water partition coefficient (Wildman–Crippen LogP) is 4.85. The molecule has 2 aromatic rings. The molecule has 1 spiro atoms. The van der Waals surface area contributed by atoms with Crippen molar-refractivity contribution in [3.63, 3.8) is 0 Å². The number of hydrogen-bond donors (Lipinski definition) is 0. The molecule has 1 saturated carbocycles. The number of carbonyl (C=O) groups is 2. The maximum atomic E-state index is 14.5. The average Bonchev–Trinajstić information content (AvgIpc) is 3.09. The maximum Gasteiger partial charge on any atom is 0.308 e. The van der Waals surface area contributed by atoms with Crippen LogP contribution in [0.15, 0.2) is 24.3 Å². The molecule has 1 amide bonds. The average molecular weight is 652 g/mol. The van der Waals surface area contributed by atoms with E-state index < -0.39 is 5.54 Å². The van der Waals surface area contributed by atoms with E-state index in [1.165, 1.54) is 5.56 Å². The van der Waals surface area contributed by atoms with E-state index in [4.69, 9.17) is 23.7 Å². The van der Waals surface area contributed by atoms with Crippen molar-refractivity contribution in [1.82, 2.24) is 14.7 Å². The molecular formula is C37H53N3O7. The largest absolute Gasteiger partial charge is 0.493 e. The number of hydrogen-bond acceptors (Lipinski definition) is 9. The molecule has 0 saturated heterocycles. The van der Waals surface area contributed by atoms with Gasteiger partial charge in [0, 0.05) is 38.0 Å². The third-order valence-electron chi connectivity index (χ3n) is 10.7. The molecule has 2 heterocycles. The van der Waals surface area contributed by atoms with Crippen LogP contribution in [0.25, 0.3) is 0 Å². The minimum atomic E-state index is -0.695. The second-order valence-electron chi connectivity index (χ2n) is 13.2. The molecule has 0 radical (unpaired) electrons. The van der Waals surface area contributed by atoms with Gasteiger partial charge in [-0.25, -0.2) is 0 Å². The molecule has 10 nitrogen and oxygen atoms in total. The summed E-state index contributed by atoms with van der Waals surface area (Å²) in [5.41, 5.74) is 3.93. The summed E-state index contributed by atoms with van der Waals surface area (Å²) in [6.45, 7) is 7.32. The van der Waals surface area contributed by atoms with Gasteiger partial charge in [-0.3, -0.25) is 14.5 Å². The highest BCUT2D eigenvalue weighted by atomic mass is 16.5. The Hall–Kier alpha value is -3.50. The molecule has 0 bridgehead atoms. The Bertz CT molecular complexity index is 1450. The molecule has 47 heavy (non-hydrogen) atoms. The highest BCUT2D eigenvalue weighted by Gasteiger charge is 2.58. The van der Waals surface area contributed by atoms with Gasteiger partial charge in [-0.15, -0.1) is 0 Å². The molecule has 1 fully saturated rings. The zero-order valence-corrected chi connectivity index (χ0v) is 29.5. The van der Waals surface area contributed by atoms with Crippen molar-refractivity contribution in [1.29, 1.82) is 0 Å². The Morgan fingerprint density at radius 1 is 0.872 bits per heavy atom. The lowest BCUT2D eigenvalue weighted by atomic mass is 9.58. The van der Waals surface area contributed by atoms with Crippen LogP contribution in [0.4, 0.5) is 0 Å². The van der Waals surface area contributed by atoms with Gasteiger partial charge in [-0.2, -0.15) is 0 Å². The Balaban J connectivity index is 1.79. The lowest BCUT2D eigenvalue weighted by Gasteiger charge is -2.59. The van der Waals surface area contributed by atoms with Gasteiger partial charge in [0.25, 0.3) is 0 Å². The van der Waals surface area contributed by atoms with Crippen molar-refractivity contribution in [2.24, 2.45) is 11.8 Å². The van der Waals surface area contributed by atoms with Gasteiger partial charge in [0.1, 0.15) is 0 Å². The summed E-state index contributed by atoms with van der Waals surface area (Å²) in [5.74, 6) is 2.26. The van der Waals surface area contributed by atoms with Gasteiger partial charge in [0.05, 0.1) is 46.5 Å². The second-order valence-corrected chi connectivity index (χ2v) is 13.2. The smallest absolute Gasteiger partial charge is 0.308 e. The van der Waals surface area contributed by atoms with Crippen molar-refractivity contribution < 1.29 is 33.3 Å². The second kappa shape index (κ2) is 14.7. The third-order valence-corrected chi connectivity index (χ3v) is 10.7. The lowest BCUT2D eigenvalue weighted by molar-refractivity contribution is -0.159. The summed E-state index contributed by atoms with van der Waals surface area (Å²) in [4.78, 5) is 34.7. The van der Waals surface area contributed by atoms with Crippen LogP contribution in [0.2, 0.25) is 0 Å². The normalized spacial score (nSPS) is 24.0. The fourth-order valence-corrected chi connectivity index (χ4v) is 8.50. The summed E-state index contributed by atoms with van der Waals surface area (Å²) in [7, 11) is 10.6. The topological polar surface area (TPSA) is 90.0 Å². The van der Waals surface area contributed by atoms with Crippen molar-refractivity contribution in [2.75, 3.05) is 75.3 Å².